The summed E-state index contributed by atoms with van der Waals surface area (Å²) in [4.78, 5) is 26.5. The highest BCUT2D eigenvalue weighted by atomic mass is 16.5. The van der Waals surface area contributed by atoms with Crippen LogP contribution in [0.4, 0.5) is 0 Å². The summed E-state index contributed by atoms with van der Waals surface area (Å²) in [5, 5.41) is 4.78. The van der Waals surface area contributed by atoms with Crippen LogP contribution in [0.2, 0.25) is 0 Å². The highest BCUT2D eigenvalue weighted by molar-refractivity contribution is 5.98. The van der Waals surface area contributed by atoms with Gasteiger partial charge in [-0.2, -0.15) is 0 Å². The number of benzene rings is 4. The minimum atomic E-state index is -0.550. The molecule has 0 saturated heterocycles. The van der Waals surface area contributed by atoms with Gasteiger partial charge in [-0.15, -0.1) is 0 Å². The molecule has 1 heterocycles. The normalized spacial score (nSPS) is 14.4. The van der Waals surface area contributed by atoms with E-state index >= 15 is 0 Å². The highest BCUT2D eigenvalue weighted by Gasteiger charge is 2.38. The fourth-order valence-corrected chi connectivity index (χ4v) is 4.92. The van der Waals surface area contributed by atoms with E-state index in [4.69, 9.17) is 14.2 Å². The van der Waals surface area contributed by atoms with Gasteiger partial charge in [0.15, 0.2) is 6.61 Å². The average Bonchev–Trinajstić information content (AvgIpc) is 2.92. The van der Waals surface area contributed by atoms with Crippen molar-refractivity contribution < 1.29 is 23.8 Å². The molecule has 38 heavy (non-hydrogen) atoms. The van der Waals surface area contributed by atoms with Crippen LogP contribution in [-0.4, -0.2) is 25.1 Å². The molecule has 192 valence electrons. The van der Waals surface area contributed by atoms with E-state index in [0.717, 1.165) is 33.0 Å². The van der Waals surface area contributed by atoms with Gasteiger partial charge < -0.3 is 14.2 Å². The number of hydrogen-bond donors (Lipinski definition) is 1. The minimum absolute atomic E-state index is 0.0511. The third kappa shape index (κ3) is 4.85. The van der Waals surface area contributed by atoms with E-state index in [1.54, 1.807) is 6.92 Å². The first-order valence-corrected chi connectivity index (χ1v) is 12.6. The summed E-state index contributed by atoms with van der Waals surface area (Å²) in [6, 6.07) is 27.3. The lowest BCUT2D eigenvalue weighted by Crippen LogP contribution is -2.36. The first kappa shape index (κ1) is 25.1. The molecule has 0 fully saturated rings. The van der Waals surface area contributed by atoms with E-state index in [-0.39, 0.29) is 24.7 Å². The van der Waals surface area contributed by atoms with Crippen molar-refractivity contribution in [1.82, 2.24) is 5.32 Å². The number of esters is 1. The largest absolute Gasteiger partial charge is 0.483 e. The lowest BCUT2D eigenvalue weighted by molar-refractivity contribution is -0.139. The van der Waals surface area contributed by atoms with Gasteiger partial charge in [-0.25, -0.2) is 4.79 Å². The summed E-state index contributed by atoms with van der Waals surface area (Å²) in [6.07, 6.45) is 0. The molecule has 1 N–H and O–H groups in total. The van der Waals surface area contributed by atoms with Gasteiger partial charge in [0.1, 0.15) is 17.1 Å². The van der Waals surface area contributed by atoms with E-state index < -0.39 is 17.8 Å². The van der Waals surface area contributed by atoms with Gasteiger partial charge >= 0.3 is 5.97 Å². The maximum Gasteiger partial charge on any atom is 0.340 e. The van der Waals surface area contributed by atoms with E-state index in [0.29, 0.717) is 11.5 Å². The van der Waals surface area contributed by atoms with Crippen LogP contribution in [0.5, 0.6) is 11.5 Å². The number of hydrogen-bond acceptors (Lipinski definition) is 5. The summed E-state index contributed by atoms with van der Waals surface area (Å²) in [7, 11) is 0. The quantitative estimate of drug-likeness (QED) is 0.313. The number of rotatable bonds is 7. The van der Waals surface area contributed by atoms with Gasteiger partial charge in [0, 0.05) is 5.56 Å². The molecule has 1 amide bonds. The van der Waals surface area contributed by atoms with Gasteiger partial charge in [0.2, 0.25) is 5.88 Å². The molecule has 0 aliphatic carbocycles. The molecule has 0 spiro atoms. The molecule has 5 rings (SSSR count). The second-order valence-corrected chi connectivity index (χ2v) is 9.17. The number of para-hydroxylation sites is 1. The summed E-state index contributed by atoms with van der Waals surface area (Å²) in [5.41, 5.74) is 3.84. The van der Waals surface area contributed by atoms with Crippen molar-refractivity contribution in [3.05, 3.63) is 119 Å². The predicted molar refractivity (Wildman–Crippen MR) is 146 cm³/mol. The Hall–Kier alpha value is -4.58. The van der Waals surface area contributed by atoms with Crippen LogP contribution >= 0.6 is 0 Å². The Labute approximate surface area is 221 Å². The average molecular weight is 508 g/mol. The molecular weight excluding hydrogens is 478 g/mol. The lowest BCUT2D eigenvalue weighted by Gasteiger charge is -2.31. The molecule has 1 unspecified atom stereocenters. The smallest absolute Gasteiger partial charge is 0.340 e. The maximum absolute atomic E-state index is 13.4. The number of fused-ring (bicyclic) bond motifs is 3. The van der Waals surface area contributed by atoms with Gasteiger partial charge in [-0.3, -0.25) is 10.1 Å². The summed E-state index contributed by atoms with van der Waals surface area (Å²) < 4.78 is 17.6. The zero-order valence-corrected chi connectivity index (χ0v) is 21.6. The molecule has 4 aromatic rings. The Balaban J connectivity index is 1.58. The van der Waals surface area contributed by atoms with Gasteiger partial charge in [-0.1, -0.05) is 78.9 Å². The number of aryl methyl sites for hydroxylation is 2. The van der Waals surface area contributed by atoms with Gasteiger partial charge in [0.05, 0.1) is 12.5 Å². The zero-order valence-electron chi connectivity index (χ0n) is 21.6. The summed E-state index contributed by atoms with van der Waals surface area (Å²) in [6.45, 7) is 5.55. The monoisotopic (exact) mass is 507 g/mol. The number of carbonyl (C=O) groups excluding carboxylic acids is 2. The Morgan fingerprint density at radius 2 is 1.58 bits per heavy atom. The molecule has 0 saturated carbocycles. The van der Waals surface area contributed by atoms with Crippen LogP contribution in [-0.2, 0) is 14.3 Å². The number of amides is 1. The second-order valence-electron chi connectivity index (χ2n) is 9.17. The molecule has 0 radical (unpaired) electrons. The first-order chi connectivity index (χ1) is 18.5. The predicted octanol–water partition coefficient (Wildman–Crippen LogP) is 5.95. The lowest BCUT2D eigenvalue weighted by atomic mass is 9.80. The van der Waals surface area contributed by atoms with Crippen molar-refractivity contribution in [2.45, 2.75) is 26.7 Å². The topological polar surface area (TPSA) is 73.9 Å². The molecule has 6 nitrogen and oxygen atoms in total. The first-order valence-electron chi connectivity index (χ1n) is 12.6. The maximum atomic E-state index is 13.4. The zero-order chi connectivity index (χ0) is 26.6. The SMILES string of the molecule is CCOC(=O)C1=C(NC(=O)COc2c(C)cccc2C)Oc2ccc3ccccc3c2C1c1ccccc1. The molecule has 1 atom stereocenters. The molecular formula is C32H29NO5. The van der Waals surface area contributed by atoms with E-state index in [1.165, 1.54) is 0 Å². The van der Waals surface area contributed by atoms with Crippen LogP contribution in [0, 0.1) is 13.8 Å². The number of ether oxygens (including phenoxy) is 3. The Morgan fingerprint density at radius 3 is 2.32 bits per heavy atom. The Kier molecular flexibility index (Phi) is 7.13. The molecule has 0 aromatic heterocycles. The molecule has 1 aliphatic heterocycles. The number of nitrogens with one attached hydrogen (secondary N) is 1. The fourth-order valence-electron chi connectivity index (χ4n) is 4.92. The third-order valence-corrected chi connectivity index (χ3v) is 6.60. The van der Waals surface area contributed by atoms with E-state index in [9.17, 15) is 9.59 Å². The molecule has 6 heteroatoms. The van der Waals surface area contributed by atoms with Crippen molar-refractivity contribution in [1.29, 1.82) is 0 Å². The fraction of sp³-hybridized carbons (Fsp3) is 0.188. The minimum Gasteiger partial charge on any atom is -0.483 e. The van der Waals surface area contributed by atoms with Gasteiger partial charge in [-0.05, 0) is 54.3 Å². The summed E-state index contributed by atoms with van der Waals surface area (Å²) >= 11 is 0. The van der Waals surface area contributed by atoms with Crippen molar-refractivity contribution >= 4 is 22.6 Å². The van der Waals surface area contributed by atoms with Crippen LogP contribution in [0.15, 0.2) is 96.4 Å². The highest BCUT2D eigenvalue weighted by Crippen LogP contribution is 2.46. The second kappa shape index (κ2) is 10.8. The standard InChI is InChI=1S/C32H29NO5/c1-4-36-32(35)29-27(23-14-6-5-7-15-23)28-24-16-9-8-13-22(24)17-18-25(28)38-31(29)33-26(34)19-37-30-20(2)11-10-12-21(30)3/h5-18,27H,4,19H2,1-3H3,(H,33,34). The van der Waals surface area contributed by atoms with Crippen LogP contribution in [0.3, 0.4) is 0 Å². The van der Waals surface area contributed by atoms with Gasteiger partial charge in [0.25, 0.3) is 5.91 Å². The van der Waals surface area contributed by atoms with E-state index in [2.05, 4.69) is 5.32 Å². The number of carbonyl (C=O) groups is 2. The molecule has 0 bridgehead atoms. The van der Waals surface area contributed by atoms with Crippen LogP contribution < -0.4 is 14.8 Å². The van der Waals surface area contributed by atoms with E-state index in [1.807, 2.05) is 98.8 Å². The Morgan fingerprint density at radius 1 is 0.868 bits per heavy atom. The molecule has 1 aliphatic rings. The third-order valence-electron chi connectivity index (χ3n) is 6.60. The van der Waals surface area contributed by atoms with Crippen molar-refractivity contribution in [3.8, 4) is 11.5 Å². The van der Waals surface area contributed by atoms with Crippen LogP contribution in [0.1, 0.15) is 35.1 Å². The summed E-state index contributed by atoms with van der Waals surface area (Å²) in [5.74, 6) is -0.233. The van der Waals surface area contributed by atoms with Crippen molar-refractivity contribution in [2.75, 3.05) is 13.2 Å². The molecule has 4 aromatic carbocycles. The van der Waals surface area contributed by atoms with Crippen LogP contribution in [0.25, 0.3) is 10.8 Å². The van der Waals surface area contributed by atoms with Crippen molar-refractivity contribution in [2.24, 2.45) is 0 Å². The Bertz CT molecular complexity index is 1520. The van der Waals surface area contributed by atoms with Crippen molar-refractivity contribution in [3.63, 3.8) is 0 Å².